The molecule has 0 amide bonds. The molecular formula is C12H14ClF3N2. The van der Waals surface area contributed by atoms with Crippen LogP contribution in [0.3, 0.4) is 0 Å². The van der Waals surface area contributed by atoms with Crippen LogP contribution in [0.15, 0.2) is 18.2 Å². The highest BCUT2D eigenvalue weighted by molar-refractivity contribution is 6.33. The van der Waals surface area contributed by atoms with Gasteiger partial charge in [-0.25, -0.2) is 0 Å². The van der Waals surface area contributed by atoms with Gasteiger partial charge in [0, 0.05) is 13.1 Å². The van der Waals surface area contributed by atoms with Crippen molar-refractivity contribution in [1.29, 1.82) is 0 Å². The van der Waals surface area contributed by atoms with Crippen LogP contribution in [0, 0.1) is 5.92 Å². The van der Waals surface area contributed by atoms with Gasteiger partial charge in [0.2, 0.25) is 0 Å². The van der Waals surface area contributed by atoms with Gasteiger partial charge in [-0.15, -0.1) is 0 Å². The zero-order valence-electron chi connectivity index (χ0n) is 9.67. The molecule has 0 radical (unpaired) electrons. The largest absolute Gasteiger partial charge is 0.416 e. The Hall–Kier alpha value is -0.940. The Labute approximate surface area is 109 Å². The Morgan fingerprint density at radius 2 is 2.11 bits per heavy atom. The highest BCUT2D eigenvalue weighted by Crippen LogP contribution is 2.36. The lowest BCUT2D eigenvalue weighted by atomic mass is 10.1. The molecule has 1 aliphatic heterocycles. The lowest BCUT2D eigenvalue weighted by Gasteiger charge is -2.21. The number of hydrogen-bond donors (Lipinski definition) is 1. The molecule has 2 rings (SSSR count). The quantitative estimate of drug-likeness (QED) is 0.900. The van der Waals surface area contributed by atoms with E-state index in [1.165, 1.54) is 6.07 Å². The van der Waals surface area contributed by atoms with Crippen LogP contribution in [0.1, 0.15) is 12.0 Å². The van der Waals surface area contributed by atoms with Gasteiger partial charge >= 0.3 is 6.18 Å². The number of benzene rings is 1. The molecule has 1 aromatic carbocycles. The van der Waals surface area contributed by atoms with Crippen LogP contribution in [-0.2, 0) is 6.18 Å². The van der Waals surface area contributed by atoms with E-state index < -0.39 is 11.7 Å². The molecule has 0 saturated carbocycles. The third-order valence-electron chi connectivity index (χ3n) is 3.23. The lowest BCUT2D eigenvalue weighted by molar-refractivity contribution is -0.137. The van der Waals surface area contributed by atoms with Gasteiger partial charge in [0.15, 0.2) is 0 Å². The molecule has 1 saturated heterocycles. The van der Waals surface area contributed by atoms with Crippen molar-refractivity contribution < 1.29 is 13.2 Å². The van der Waals surface area contributed by atoms with Crippen molar-refractivity contribution in [3.05, 3.63) is 28.8 Å². The molecule has 0 bridgehead atoms. The molecule has 0 aromatic heterocycles. The zero-order valence-corrected chi connectivity index (χ0v) is 10.4. The summed E-state index contributed by atoms with van der Waals surface area (Å²) in [7, 11) is 0. The standard InChI is InChI=1S/C12H14ClF3N2/c13-10-2-1-9(12(14,15)16)5-11(10)18-4-3-8(6-17)7-18/h1-2,5,8H,3-4,6-7,17H2. The van der Waals surface area contributed by atoms with Gasteiger partial charge in [-0.05, 0) is 37.1 Å². The van der Waals surface area contributed by atoms with E-state index >= 15 is 0 Å². The highest BCUT2D eigenvalue weighted by Gasteiger charge is 2.32. The number of anilines is 1. The molecular weight excluding hydrogens is 265 g/mol. The lowest BCUT2D eigenvalue weighted by Crippen LogP contribution is -2.23. The third kappa shape index (κ3) is 2.72. The fourth-order valence-electron chi connectivity index (χ4n) is 2.18. The number of halogens is 4. The molecule has 0 spiro atoms. The average Bonchev–Trinajstić information content (AvgIpc) is 2.76. The highest BCUT2D eigenvalue weighted by atomic mass is 35.5. The minimum atomic E-state index is -4.34. The number of rotatable bonds is 2. The van der Waals surface area contributed by atoms with E-state index in [1.807, 2.05) is 4.90 Å². The number of nitrogens with two attached hydrogens (primary N) is 1. The van der Waals surface area contributed by atoms with Crippen molar-refractivity contribution in [3.63, 3.8) is 0 Å². The molecule has 2 nitrogen and oxygen atoms in total. The summed E-state index contributed by atoms with van der Waals surface area (Å²) in [6, 6.07) is 3.42. The van der Waals surface area contributed by atoms with E-state index in [4.69, 9.17) is 17.3 Å². The Balaban J connectivity index is 2.27. The predicted octanol–water partition coefficient (Wildman–Crippen LogP) is 3.14. The summed E-state index contributed by atoms with van der Waals surface area (Å²) in [4.78, 5) is 1.87. The van der Waals surface area contributed by atoms with Crippen LogP contribution < -0.4 is 10.6 Å². The zero-order chi connectivity index (χ0) is 13.3. The fraction of sp³-hybridized carbons (Fsp3) is 0.500. The molecule has 1 fully saturated rings. The van der Waals surface area contributed by atoms with Gasteiger partial charge < -0.3 is 10.6 Å². The van der Waals surface area contributed by atoms with Gasteiger partial charge in [0.25, 0.3) is 0 Å². The minimum absolute atomic E-state index is 0.329. The summed E-state index contributed by atoms with van der Waals surface area (Å²) >= 11 is 5.98. The van der Waals surface area contributed by atoms with Crippen molar-refractivity contribution in [3.8, 4) is 0 Å². The van der Waals surface area contributed by atoms with Gasteiger partial charge in [0.05, 0.1) is 16.3 Å². The second-order valence-corrected chi connectivity index (χ2v) is 4.91. The smallest absolute Gasteiger partial charge is 0.370 e. The molecule has 6 heteroatoms. The maximum Gasteiger partial charge on any atom is 0.416 e. The first-order valence-corrected chi connectivity index (χ1v) is 6.11. The molecule has 18 heavy (non-hydrogen) atoms. The Morgan fingerprint density at radius 1 is 1.39 bits per heavy atom. The summed E-state index contributed by atoms with van der Waals surface area (Å²) in [5.74, 6) is 0.329. The molecule has 1 atom stereocenters. The van der Waals surface area contributed by atoms with Crippen LogP contribution in [0.4, 0.5) is 18.9 Å². The SMILES string of the molecule is NCC1CCN(c2cc(C(F)(F)F)ccc2Cl)C1. The van der Waals surface area contributed by atoms with E-state index in [2.05, 4.69) is 0 Å². The number of alkyl halides is 3. The molecule has 1 aliphatic rings. The van der Waals surface area contributed by atoms with Crippen molar-refractivity contribution in [2.75, 3.05) is 24.5 Å². The summed E-state index contributed by atoms with van der Waals surface area (Å²) in [5, 5.41) is 0.348. The van der Waals surface area contributed by atoms with E-state index in [1.54, 1.807) is 0 Å². The normalized spacial score (nSPS) is 20.5. The van der Waals surface area contributed by atoms with Crippen LogP contribution in [0.25, 0.3) is 0 Å². The summed E-state index contributed by atoms with van der Waals surface area (Å²) in [6.07, 6.45) is -3.45. The van der Waals surface area contributed by atoms with Crippen molar-refractivity contribution in [1.82, 2.24) is 0 Å². The second-order valence-electron chi connectivity index (χ2n) is 4.50. The van der Waals surface area contributed by atoms with Crippen LogP contribution in [-0.4, -0.2) is 19.6 Å². The Kier molecular flexibility index (Phi) is 3.73. The second kappa shape index (κ2) is 4.97. The van der Waals surface area contributed by atoms with E-state index in [0.717, 1.165) is 18.6 Å². The fourth-order valence-corrected chi connectivity index (χ4v) is 2.41. The minimum Gasteiger partial charge on any atom is -0.370 e. The van der Waals surface area contributed by atoms with E-state index in [-0.39, 0.29) is 0 Å². The van der Waals surface area contributed by atoms with Crippen LogP contribution in [0.2, 0.25) is 5.02 Å². The number of nitrogens with zero attached hydrogens (tertiary/aromatic N) is 1. The first kappa shape index (κ1) is 13.5. The van der Waals surface area contributed by atoms with Crippen LogP contribution in [0.5, 0.6) is 0 Å². The molecule has 2 N–H and O–H groups in total. The first-order valence-electron chi connectivity index (χ1n) is 5.73. The molecule has 1 heterocycles. The number of hydrogen-bond acceptors (Lipinski definition) is 2. The molecule has 0 aliphatic carbocycles. The molecule has 100 valence electrons. The predicted molar refractivity (Wildman–Crippen MR) is 65.8 cm³/mol. The summed E-state index contributed by atoms with van der Waals surface area (Å²) < 4.78 is 37.9. The molecule has 1 unspecified atom stereocenters. The van der Waals surface area contributed by atoms with Crippen molar-refractivity contribution in [2.45, 2.75) is 12.6 Å². The van der Waals surface area contributed by atoms with Gasteiger partial charge in [-0.1, -0.05) is 11.6 Å². The molecule has 1 aromatic rings. The first-order chi connectivity index (χ1) is 8.41. The summed E-state index contributed by atoms with van der Waals surface area (Å²) in [6.45, 7) is 1.91. The topological polar surface area (TPSA) is 29.3 Å². The maximum absolute atomic E-state index is 12.6. The monoisotopic (exact) mass is 278 g/mol. The van der Waals surface area contributed by atoms with Gasteiger partial charge in [-0.3, -0.25) is 0 Å². The van der Waals surface area contributed by atoms with E-state index in [9.17, 15) is 13.2 Å². The van der Waals surface area contributed by atoms with Crippen molar-refractivity contribution >= 4 is 17.3 Å². The Bertz CT molecular complexity index is 434. The van der Waals surface area contributed by atoms with Crippen LogP contribution >= 0.6 is 11.6 Å². The maximum atomic E-state index is 12.6. The van der Waals surface area contributed by atoms with Gasteiger partial charge in [0.1, 0.15) is 0 Å². The average molecular weight is 279 g/mol. The van der Waals surface area contributed by atoms with Gasteiger partial charge in [-0.2, -0.15) is 13.2 Å². The third-order valence-corrected chi connectivity index (χ3v) is 3.55. The Morgan fingerprint density at radius 3 is 2.67 bits per heavy atom. The van der Waals surface area contributed by atoms with Crippen molar-refractivity contribution in [2.24, 2.45) is 11.7 Å². The summed E-state index contributed by atoms with van der Waals surface area (Å²) in [5.41, 5.74) is 5.35. The van der Waals surface area contributed by atoms with E-state index in [0.29, 0.717) is 36.3 Å².